The second-order valence-corrected chi connectivity index (χ2v) is 7.74. The molecule has 0 unspecified atom stereocenters. The predicted molar refractivity (Wildman–Crippen MR) is 117 cm³/mol. The molecule has 29 heavy (non-hydrogen) atoms. The molecular weight excluding hydrogens is 366 g/mol. The maximum atomic E-state index is 12.7. The summed E-state index contributed by atoms with van der Waals surface area (Å²) in [4.78, 5) is 22.1. The van der Waals surface area contributed by atoms with Gasteiger partial charge in [-0.1, -0.05) is 38.1 Å². The molecule has 1 N–H and O–H groups in total. The topological polar surface area (TPSA) is 68.5 Å². The van der Waals surface area contributed by atoms with Crippen molar-refractivity contribution in [2.24, 2.45) is 7.05 Å². The Morgan fingerprint density at radius 2 is 1.72 bits per heavy atom. The van der Waals surface area contributed by atoms with Gasteiger partial charge in [0, 0.05) is 24.4 Å². The van der Waals surface area contributed by atoms with Gasteiger partial charge in [-0.3, -0.25) is 9.59 Å². The number of aromatic nitrogens is 1. The van der Waals surface area contributed by atoms with Gasteiger partial charge in [0.25, 0.3) is 5.56 Å². The number of pyridine rings is 1. The largest absolute Gasteiger partial charge is 0.488 e. The van der Waals surface area contributed by atoms with Crippen molar-refractivity contribution in [3.05, 3.63) is 51.3 Å². The molecule has 156 valence electrons. The lowest BCUT2D eigenvalue weighted by atomic mass is 10.0. The first-order chi connectivity index (χ1) is 13.7. The van der Waals surface area contributed by atoms with E-state index in [4.69, 9.17) is 9.84 Å². The molecule has 5 heteroatoms. The second-order valence-electron chi connectivity index (χ2n) is 7.74. The van der Waals surface area contributed by atoms with E-state index in [1.54, 1.807) is 11.5 Å². The van der Waals surface area contributed by atoms with Crippen LogP contribution in [0.1, 0.15) is 53.4 Å². The monoisotopic (exact) mass is 397 g/mol. The molecule has 5 nitrogen and oxygen atoms in total. The molecule has 0 saturated carbocycles. The number of carboxylic acid groups (broad SMARTS) is 1. The molecule has 0 saturated heterocycles. The Labute approximate surface area is 172 Å². The summed E-state index contributed by atoms with van der Waals surface area (Å²) in [6.07, 6.45) is 7.54. The van der Waals surface area contributed by atoms with Gasteiger partial charge >= 0.3 is 5.97 Å². The summed E-state index contributed by atoms with van der Waals surface area (Å²) in [5.41, 5.74) is 1.53. The molecule has 0 bridgehead atoms. The molecule has 0 amide bonds. The van der Waals surface area contributed by atoms with Crippen LogP contribution in [0.25, 0.3) is 23.3 Å². The molecule has 2 aromatic rings. The molecule has 0 aliphatic heterocycles. The molecule has 1 aromatic carbocycles. The fourth-order valence-electron chi connectivity index (χ4n) is 2.95. The van der Waals surface area contributed by atoms with Crippen molar-refractivity contribution in [1.82, 2.24) is 4.57 Å². The van der Waals surface area contributed by atoms with Crippen molar-refractivity contribution in [2.45, 2.75) is 59.0 Å². The molecule has 1 aliphatic carbocycles. The van der Waals surface area contributed by atoms with Crippen molar-refractivity contribution in [3.8, 4) is 16.9 Å². The number of hydrogen-bond acceptors (Lipinski definition) is 3. The van der Waals surface area contributed by atoms with Crippen LogP contribution in [-0.4, -0.2) is 21.2 Å². The average molecular weight is 398 g/mol. The number of carboxylic acids is 1. The minimum Gasteiger partial charge on any atom is -0.488 e. The molecule has 0 fully saturated rings. The van der Waals surface area contributed by atoms with Crippen molar-refractivity contribution in [1.29, 1.82) is 0 Å². The number of hydrogen-bond donors (Lipinski definition) is 1. The van der Waals surface area contributed by atoms with Crippen LogP contribution >= 0.6 is 0 Å². The number of fused-ring (bicyclic) bond motifs is 1. The lowest BCUT2D eigenvalue weighted by molar-refractivity contribution is -0.136. The Morgan fingerprint density at radius 3 is 2.28 bits per heavy atom. The summed E-state index contributed by atoms with van der Waals surface area (Å²) in [7, 11) is 1.85. The molecule has 0 spiro atoms. The average Bonchev–Trinajstić information content (AvgIpc) is 2.71. The van der Waals surface area contributed by atoms with Crippen molar-refractivity contribution < 1.29 is 14.6 Å². The van der Waals surface area contributed by atoms with Gasteiger partial charge in [0.2, 0.25) is 0 Å². The third-order valence-electron chi connectivity index (χ3n) is 5.07. The molecule has 0 radical (unpaired) electrons. The summed E-state index contributed by atoms with van der Waals surface area (Å²) in [5.74, 6) is 0.0882. The smallest absolute Gasteiger partial charge is 0.303 e. The third-order valence-corrected chi connectivity index (χ3v) is 5.07. The van der Waals surface area contributed by atoms with E-state index in [1.165, 1.54) is 0 Å². The summed E-state index contributed by atoms with van der Waals surface area (Å²) >= 11 is 0. The molecule has 3 rings (SSSR count). The van der Waals surface area contributed by atoms with Crippen molar-refractivity contribution in [3.63, 3.8) is 0 Å². The second kappa shape index (κ2) is 9.59. The number of rotatable bonds is 5. The normalized spacial score (nSPS) is 12.6. The molecule has 1 heterocycles. The number of ether oxygens (including phenoxy) is 1. The van der Waals surface area contributed by atoms with Crippen LogP contribution in [0.5, 0.6) is 5.75 Å². The first-order valence-corrected chi connectivity index (χ1v) is 10.1. The highest BCUT2D eigenvalue weighted by molar-refractivity contribution is 5.66. The Morgan fingerprint density at radius 1 is 1.14 bits per heavy atom. The zero-order chi connectivity index (χ0) is 21.6. The van der Waals surface area contributed by atoms with Gasteiger partial charge < -0.3 is 14.4 Å². The molecule has 1 aliphatic rings. The van der Waals surface area contributed by atoms with Crippen molar-refractivity contribution in [2.75, 3.05) is 0 Å². The summed E-state index contributed by atoms with van der Waals surface area (Å²) in [6, 6.07) is 9.84. The van der Waals surface area contributed by atoms with Crippen LogP contribution in [0, 0.1) is 0 Å². The van der Waals surface area contributed by atoms with E-state index in [-0.39, 0.29) is 17.6 Å². The first-order valence-electron chi connectivity index (χ1n) is 10.1. The van der Waals surface area contributed by atoms with E-state index in [2.05, 4.69) is 32.9 Å². The Balaban J connectivity index is 0.000000537. The Bertz CT molecular complexity index is 1030. The quantitative estimate of drug-likeness (QED) is 0.839. The van der Waals surface area contributed by atoms with Gasteiger partial charge in [-0.15, -0.1) is 0 Å². The van der Waals surface area contributed by atoms with Gasteiger partial charge in [-0.2, -0.15) is 0 Å². The van der Waals surface area contributed by atoms with E-state index in [0.717, 1.165) is 46.7 Å². The minimum atomic E-state index is -0.745. The minimum absolute atomic E-state index is 0.0443. The van der Waals surface area contributed by atoms with Crippen LogP contribution in [0.2, 0.25) is 0 Å². The van der Waals surface area contributed by atoms with E-state index in [1.807, 2.05) is 37.4 Å². The van der Waals surface area contributed by atoms with Gasteiger partial charge in [0.15, 0.2) is 0 Å². The highest BCUT2D eigenvalue weighted by Crippen LogP contribution is 2.23. The van der Waals surface area contributed by atoms with Crippen LogP contribution < -0.4 is 20.9 Å². The van der Waals surface area contributed by atoms with E-state index >= 15 is 0 Å². The number of aliphatic carboxylic acids is 1. The summed E-state index contributed by atoms with van der Waals surface area (Å²) < 4.78 is 7.75. The van der Waals surface area contributed by atoms with E-state index < -0.39 is 5.97 Å². The van der Waals surface area contributed by atoms with Crippen LogP contribution in [0.15, 0.2) is 35.1 Å². The van der Waals surface area contributed by atoms with Gasteiger partial charge in [0.1, 0.15) is 11.4 Å². The first kappa shape index (κ1) is 22.5. The van der Waals surface area contributed by atoms with Gasteiger partial charge in [-0.05, 0) is 62.1 Å². The fraction of sp³-hybridized carbons (Fsp3) is 0.417. The highest BCUT2D eigenvalue weighted by Gasteiger charge is 2.17. The standard InChI is InChI=1S/C21H25NO2.C3H6O2/c1-5-21(2,3)24-17-12-10-15(11-13-17)18-14-16-8-6-7-9-19(16)22(4)20(18)23;1-2-3(4)5/h8-14H,5-7H2,1-4H3;2H2,1H3,(H,4,5). The summed E-state index contributed by atoms with van der Waals surface area (Å²) in [5, 5.41) is 9.89. The van der Waals surface area contributed by atoms with Gasteiger partial charge in [0.05, 0.1) is 0 Å². The number of carbonyl (C=O) groups is 1. The maximum Gasteiger partial charge on any atom is 0.303 e. The van der Waals surface area contributed by atoms with Crippen LogP contribution in [-0.2, 0) is 11.8 Å². The zero-order valence-electron chi connectivity index (χ0n) is 18.0. The predicted octanol–water partition coefficient (Wildman–Crippen LogP) is 3.46. The Kier molecular flexibility index (Phi) is 7.43. The third kappa shape index (κ3) is 5.83. The fourth-order valence-corrected chi connectivity index (χ4v) is 2.95. The molecular formula is C24H31NO4. The highest BCUT2D eigenvalue weighted by atomic mass is 16.5. The lowest BCUT2D eigenvalue weighted by Crippen LogP contribution is -2.43. The number of nitrogens with zero attached hydrogens (tertiary/aromatic N) is 1. The number of benzene rings is 1. The molecule has 1 aromatic heterocycles. The zero-order valence-corrected chi connectivity index (χ0v) is 18.0. The Hall–Kier alpha value is -2.82. The lowest BCUT2D eigenvalue weighted by Gasteiger charge is -2.24. The van der Waals surface area contributed by atoms with Crippen molar-refractivity contribution >= 4 is 18.1 Å². The van der Waals surface area contributed by atoms with Crippen LogP contribution in [0.3, 0.4) is 0 Å². The van der Waals surface area contributed by atoms with Crippen LogP contribution in [0.4, 0.5) is 0 Å². The van der Waals surface area contributed by atoms with E-state index in [0.29, 0.717) is 0 Å². The molecule has 0 atom stereocenters. The maximum absolute atomic E-state index is 12.7. The summed E-state index contributed by atoms with van der Waals surface area (Å²) in [6.45, 7) is 7.86. The SMILES string of the molecule is CCC(=O)O.CCC(C)(C)Oc1ccc(-c2cc3c(n(C)c2=O)=CCCC=3)cc1. The van der Waals surface area contributed by atoms with Gasteiger partial charge in [-0.25, -0.2) is 0 Å². The van der Waals surface area contributed by atoms with E-state index in [9.17, 15) is 9.59 Å².